The number of likely N-dealkylation sites (tertiary alicyclic amines) is 1. The van der Waals surface area contributed by atoms with E-state index in [2.05, 4.69) is 17.1 Å². The molecule has 4 atom stereocenters. The second-order valence-electron chi connectivity index (χ2n) is 8.03. The maximum absolute atomic E-state index is 13.5. The van der Waals surface area contributed by atoms with Crippen LogP contribution in [-0.4, -0.2) is 53.7 Å². The number of carbonyl (C=O) groups is 3. The van der Waals surface area contributed by atoms with Gasteiger partial charge in [0.15, 0.2) is 5.17 Å². The number of thioether (sulfide) groups is 1. The van der Waals surface area contributed by atoms with Crippen LogP contribution in [0.5, 0.6) is 5.75 Å². The molecule has 0 radical (unpaired) electrons. The number of allylic oxidation sites excluding steroid dienone is 2. The standard InChI is InChI=1S/C22H23N3O4S/c1-29-16-6-3-2-5-15(16)25(22-23-9-4-10-30-22)17(26)12-24-20(27)18-13-7-8-14(11-13)19(18)21(24)28/h2-3,5-8,13-14,18-19H,4,9-12H2,1H3. The van der Waals surface area contributed by atoms with E-state index in [0.717, 1.165) is 18.6 Å². The highest BCUT2D eigenvalue weighted by Gasteiger charge is 2.59. The van der Waals surface area contributed by atoms with Gasteiger partial charge >= 0.3 is 0 Å². The fraction of sp³-hybridized carbons (Fsp3) is 0.455. The lowest BCUT2D eigenvalue weighted by molar-refractivity contribution is -0.143. The summed E-state index contributed by atoms with van der Waals surface area (Å²) < 4.78 is 5.46. The molecule has 3 amide bonds. The molecule has 2 aliphatic carbocycles. The quantitative estimate of drug-likeness (QED) is 0.547. The van der Waals surface area contributed by atoms with E-state index in [1.54, 1.807) is 19.2 Å². The average molecular weight is 426 g/mol. The van der Waals surface area contributed by atoms with Crippen LogP contribution in [0.25, 0.3) is 0 Å². The van der Waals surface area contributed by atoms with Crippen molar-refractivity contribution in [1.29, 1.82) is 0 Å². The molecule has 0 spiro atoms. The van der Waals surface area contributed by atoms with Crippen molar-refractivity contribution in [3.63, 3.8) is 0 Å². The monoisotopic (exact) mass is 425 g/mol. The van der Waals surface area contributed by atoms with Crippen molar-refractivity contribution in [3.8, 4) is 5.75 Å². The number of anilines is 1. The molecule has 4 unspecified atom stereocenters. The second kappa shape index (κ2) is 7.58. The second-order valence-corrected chi connectivity index (χ2v) is 9.09. The van der Waals surface area contributed by atoms with Gasteiger partial charge in [0.1, 0.15) is 12.3 Å². The molecule has 0 N–H and O–H groups in total. The first kappa shape index (κ1) is 19.4. The molecule has 0 aromatic heterocycles. The van der Waals surface area contributed by atoms with E-state index in [0.29, 0.717) is 23.1 Å². The number of imide groups is 1. The Balaban J connectivity index is 1.44. The average Bonchev–Trinajstić information content (AvgIpc) is 3.45. The first-order valence-corrected chi connectivity index (χ1v) is 11.3. The lowest BCUT2D eigenvalue weighted by Gasteiger charge is -2.28. The third-order valence-corrected chi connectivity index (χ3v) is 7.47. The number of hydrogen-bond acceptors (Lipinski definition) is 6. The van der Waals surface area contributed by atoms with Gasteiger partial charge in [-0.05, 0) is 36.8 Å². The van der Waals surface area contributed by atoms with E-state index in [-0.39, 0.29) is 47.9 Å². The SMILES string of the molecule is COc1ccccc1N(C(=O)CN1C(=O)C2C3C=CC(C3)C2C1=O)C1=NCCCS1. The van der Waals surface area contributed by atoms with Gasteiger partial charge in [-0.2, -0.15) is 0 Å². The third-order valence-electron chi connectivity index (χ3n) is 6.40. The van der Waals surface area contributed by atoms with Gasteiger partial charge in [0.05, 0.1) is 24.6 Å². The molecular weight excluding hydrogens is 402 g/mol. The van der Waals surface area contributed by atoms with Crippen LogP contribution in [0.1, 0.15) is 12.8 Å². The zero-order valence-corrected chi connectivity index (χ0v) is 17.5. The Bertz CT molecular complexity index is 945. The molecule has 1 aromatic carbocycles. The van der Waals surface area contributed by atoms with Gasteiger partial charge in [-0.3, -0.25) is 29.2 Å². The summed E-state index contributed by atoms with van der Waals surface area (Å²) >= 11 is 1.50. The topological polar surface area (TPSA) is 79.3 Å². The van der Waals surface area contributed by atoms with Crippen molar-refractivity contribution in [3.05, 3.63) is 36.4 Å². The highest BCUT2D eigenvalue weighted by molar-refractivity contribution is 8.14. The minimum absolute atomic E-state index is 0.125. The van der Waals surface area contributed by atoms with Crippen molar-refractivity contribution in [2.45, 2.75) is 12.8 Å². The van der Waals surface area contributed by atoms with E-state index in [1.165, 1.54) is 21.6 Å². The van der Waals surface area contributed by atoms with Crippen molar-refractivity contribution in [1.82, 2.24) is 4.90 Å². The number of para-hydroxylation sites is 2. The van der Waals surface area contributed by atoms with Crippen LogP contribution in [0.4, 0.5) is 5.69 Å². The summed E-state index contributed by atoms with van der Waals surface area (Å²) in [7, 11) is 1.55. The van der Waals surface area contributed by atoms with E-state index in [4.69, 9.17) is 4.74 Å². The van der Waals surface area contributed by atoms with Gasteiger partial charge in [-0.1, -0.05) is 36.0 Å². The van der Waals surface area contributed by atoms with Crippen molar-refractivity contribution in [2.75, 3.05) is 30.9 Å². The molecule has 4 aliphatic rings. The summed E-state index contributed by atoms with van der Waals surface area (Å²) in [5.74, 6) is 0.260. The van der Waals surface area contributed by atoms with Gasteiger partial charge < -0.3 is 4.74 Å². The normalized spacial score (nSPS) is 29.2. The minimum Gasteiger partial charge on any atom is -0.495 e. The number of ether oxygens (including phenoxy) is 1. The molecule has 8 heteroatoms. The predicted molar refractivity (Wildman–Crippen MR) is 114 cm³/mol. The summed E-state index contributed by atoms with van der Waals surface area (Å²) in [5, 5.41) is 0.580. The number of benzene rings is 1. The highest BCUT2D eigenvalue weighted by atomic mass is 32.2. The number of hydrogen-bond donors (Lipinski definition) is 0. The van der Waals surface area contributed by atoms with Crippen LogP contribution >= 0.6 is 11.8 Å². The Labute approximate surface area is 179 Å². The van der Waals surface area contributed by atoms with Crippen LogP contribution in [0.15, 0.2) is 41.4 Å². The first-order valence-electron chi connectivity index (χ1n) is 10.3. The van der Waals surface area contributed by atoms with Crippen molar-refractivity contribution >= 4 is 40.3 Å². The number of methoxy groups -OCH3 is 1. The van der Waals surface area contributed by atoms with Crippen molar-refractivity contribution in [2.24, 2.45) is 28.7 Å². The Morgan fingerprint density at radius 2 is 1.90 bits per heavy atom. The van der Waals surface area contributed by atoms with E-state index in [9.17, 15) is 14.4 Å². The molecule has 2 fully saturated rings. The number of amidine groups is 1. The maximum Gasteiger partial charge on any atom is 0.253 e. The Hall–Kier alpha value is -2.61. The number of nitrogens with zero attached hydrogens (tertiary/aromatic N) is 3. The van der Waals surface area contributed by atoms with Gasteiger partial charge in [0, 0.05) is 12.3 Å². The lowest BCUT2D eigenvalue weighted by Crippen LogP contribution is -2.46. The van der Waals surface area contributed by atoms with Gasteiger partial charge in [0.2, 0.25) is 11.8 Å². The molecule has 30 heavy (non-hydrogen) atoms. The molecule has 156 valence electrons. The zero-order valence-electron chi connectivity index (χ0n) is 16.7. The molecule has 2 bridgehead atoms. The van der Waals surface area contributed by atoms with Crippen LogP contribution in [0, 0.1) is 23.7 Å². The largest absolute Gasteiger partial charge is 0.495 e. The van der Waals surface area contributed by atoms with Crippen LogP contribution in [0.3, 0.4) is 0 Å². The third kappa shape index (κ3) is 2.96. The fourth-order valence-corrected chi connectivity index (χ4v) is 6.04. The van der Waals surface area contributed by atoms with E-state index < -0.39 is 0 Å². The molecule has 7 nitrogen and oxygen atoms in total. The minimum atomic E-state index is -0.352. The van der Waals surface area contributed by atoms with Crippen LogP contribution in [0.2, 0.25) is 0 Å². The first-order chi connectivity index (χ1) is 14.6. The van der Waals surface area contributed by atoms with E-state index in [1.807, 2.05) is 12.1 Å². The molecule has 1 aromatic rings. The number of carbonyl (C=O) groups excluding carboxylic acids is 3. The summed E-state index contributed by atoms with van der Waals surface area (Å²) in [5.41, 5.74) is 0.569. The van der Waals surface area contributed by atoms with E-state index >= 15 is 0 Å². The summed E-state index contributed by atoms with van der Waals surface area (Å²) in [6.45, 7) is 0.365. The summed E-state index contributed by atoms with van der Waals surface area (Å²) in [4.78, 5) is 46.7. The fourth-order valence-electron chi connectivity index (χ4n) is 5.07. The maximum atomic E-state index is 13.5. The lowest BCUT2D eigenvalue weighted by atomic mass is 9.85. The molecule has 1 saturated carbocycles. The van der Waals surface area contributed by atoms with Crippen molar-refractivity contribution < 1.29 is 19.1 Å². The number of amides is 3. The molecule has 1 saturated heterocycles. The highest BCUT2D eigenvalue weighted by Crippen LogP contribution is 2.52. The Morgan fingerprint density at radius 3 is 2.53 bits per heavy atom. The van der Waals surface area contributed by atoms with Crippen LogP contribution in [-0.2, 0) is 14.4 Å². The number of aliphatic imine (C=N–C) groups is 1. The smallest absolute Gasteiger partial charge is 0.253 e. The van der Waals surface area contributed by atoms with Crippen LogP contribution < -0.4 is 9.64 Å². The number of fused-ring (bicyclic) bond motifs is 5. The zero-order chi connectivity index (χ0) is 20.8. The predicted octanol–water partition coefficient (Wildman–Crippen LogP) is 2.33. The molecule has 5 rings (SSSR count). The molecule has 2 heterocycles. The Kier molecular flexibility index (Phi) is 4.89. The summed E-state index contributed by atoms with van der Waals surface area (Å²) in [6.07, 6.45) is 5.92. The van der Waals surface area contributed by atoms with Gasteiger partial charge in [-0.25, -0.2) is 0 Å². The Morgan fingerprint density at radius 1 is 1.20 bits per heavy atom. The summed E-state index contributed by atoms with van der Waals surface area (Å²) in [6, 6.07) is 7.23. The number of rotatable bonds is 4. The molecular formula is C22H23N3O4S. The van der Waals surface area contributed by atoms with Gasteiger partial charge in [-0.15, -0.1) is 0 Å². The molecule has 2 aliphatic heterocycles. The van der Waals surface area contributed by atoms with Gasteiger partial charge in [0.25, 0.3) is 5.91 Å².